The van der Waals surface area contributed by atoms with Gasteiger partial charge in [0.25, 0.3) is 0 Å². The lowest BCUT2D eigenvalue weighted by atomic mass is 9.78. The first-order valence-corrected chi connectivity index (χ1v) is 12.4. The Morgan fingerprint density at radius 3 is 2.68 bits per heavy atom. The van der Waals surface area contributed by atoms with E-state index < -0.39 is 5.95 Å². The monoisotopic (exact) mass is 459 g/mol. The Labute approximate surface area is 201 Å². The third-order valence-electron chi connectivity index (χ3n) is 7.42. The molecule has 2 fully saturated rings. The Hall–Kier alpha value is -3.15. The number of aryl methyl sites for hydroxylation is 1. The Kier molecular flexibility index (Phi) is 6.40. The van der Waals surface area contributed by atoms with E-state index in [9.17, 15) is 4.39 Å². The van der Waals surface area contributed by atoms with Crippen LogP contribution < -0.4 is 5.32 Å². The van der Waals surface area contributed by atoms with Gasteiger partial charge in [-0.15, -0.1) is 5.10 Å². The van der Waals surface area contributed by atoms with E-state index in [1.54, 1.807) is 18.7 Å². The summed E-state index contributed by atoms with van der Waals surface area (Å²) >= 11 is 0. The van der Waals surface area contributed by atoms with Gasteiger partial charge >= 0.3 is 0 Å². The maximum absolute atomic E-state index is 13.7. The van der Waals surface area contributed by atoms with Crippen molar-refractivity contribution in [3.63, 3.8) is 0 Å². The van der Waals surface area contributed by atoms with Crippen molar-refractivity contribution in [3.8, 4) is 11.1 Å². The number of nitrogens with one attached hydrogen (secondary N) is 1. The lowest BCUT2D eigenvalue weighted by Crippen LogP contribution is -2.21. The number of hydrogen-bond donors (Lipinski definition) is 1. The predicted octanol–water partition coefficient (Wildman–Crippen LogP) is 6.55. The van der Waals surface area contributed by atoms with Crippen molar-refractivity contribution in [3.05, 3.63) is 72.1 Å². The number of aromatic nitrogens is 4. The fraction of sp³-hybridized carbons (Fsp3) is 0.429. The average Bonchev–Trinajstić information content (AvgIpc) is 3.53. The third-order valence-corrected chi connectivity index (χ3v) is 7.42. The van der Waals surface area contributed by atoms with Gasteiger partial charge in [-0.25, -0.2) is 0 Å². The highest BCUT2D eigenvalue weighted by atomic mass is 19.1. The molecule has 0 radical (unpaired) electrons. The summed E-state index contributed by atoms with van der Waals surface area (Å²) in [5, 5.41) is 12.0. The van der Waals surface area contributed by atoms with Gasteiger partial charge in [0.05, 0.1) is 17.9 Å². The molecule has 0 atom stereocenters. The molecule has 3 aromatic rings. The molecule has 6 heteroatoms. The van der Waals surface area contributed by atoms with E-state index >= 15 is 0 Å². The standard InChI is InChI=1S/C28H34FN5/c1-19(7-14-27-20(2)28(29)32-33(27)3)22-10-8-21(9-11-22)16-30-25-6-4-5-23(15-25)24-17-31-34(18-24)26-12-13-26/h4-7,14-15,17-18,21-22,26,30H,1,8-13,16H2,2-3H3/b14-7-. The molecule has 2 aliphatic rings. The lowest BCUT2D eigenvalue weighted by Gasteiger charge is -2.29. The summed E-state index contributed by atoms with van der Waals surface area (Å²) in [5.41, 5.74) is 6.09. The Bertz CT molecular complexity index is 1190. The predicted molar refractivity (Wildman–Crippen MR) is 136 cm³/mol. The Morgan fingerprint density at radius 1 is 1.18 bits per heavy atom. The van der Waals surface area contributed by atoms with Gasteiger partial charge in [0.15, 0.2) is 0 Å². The molecule has 2 saturated carbocycles. The maximum atomic E-state index is 13.7. The molecule has 0 bridgehead atoms. The van der Waals surface area contributed by atoms with Crippen molar-refractivity contribution >= 4 is 11.8 Å². The Balaban J connectivity index is 1.11. The summed E-state index contributed by atoms with van der Waals surface area (Å²) in [7, 11) is 1.77. The molecule has 5 nitrogen and oxygen atoms in total. The SMILES string of the molecule is C=C(/C=C\c1c(C)c(F)nn1C)C1CCC(CNc2cccc(-c3cnn(C4CC4)c3)c2)CC1. The number of anilines is 1. The molecule has 1 aromatic carbocycles. The van der Waals surface area contributed by atoms with E-state index in [1.165, 1.54) is 42.5 Å². The van der Waals surface area contributed by atoms with Gasteiger partial charge in [-0.3, -0.25) is 9.36 Å². The number of benzene rings is 1. The van der Waals surface area contributed by atoms with Crippen molar-refractivity contribution in [2.75, 3.05) is 11.9 Å². The van der Waals surface area contributed by atoms with Gasteiger partial charge in [-0.2, -0.15) is 9.49 Å². The smallest absolute Gasteiger partial charge is 0.236 e. The van der Waals surface area contributed by atoms with Crippen LogP contribution in [0, 0.1) is 24.7 Å². The average molecular weight is 460 g/mol. The molecule has 5 rings (SSSR count). The van der Waals surface area contributed by atoms with E-state index in [4.69, 9.17) is 0 Å². The summed E-state index contributed by atoms with van der Waals surface area (Å²) in [6, 6.07) is 9.27. The van der Waals surface area contributed by atoms with Crippen LogP contribution in [0.4, 0.5) is 10.1 Å². The van der Waals surface area contributed by atoms with Crippen LogP contribution in [-0.2, 0) is 7.05 Å². The van der Waals surface area contributed by atoms with Crippen LogP contribution in [0.15, 0.2) is 54.9 Å². The maximum Gasteiger partial charge on any atom is 0.236 e. The second-order valence-electron chi connectivity index (χ2n) is 9.95. The van der Waals surface area contributed by atoms with E-state index in [-0.39, 0.29) is 0 Å². The molecular formula is C28H34FN5. The van der Waals surface area contributed by atoms with Gasteiger partial charge < -0.3 is 5.32 Å². The number of allylic oxidation sites excluding steroid dienone is 2. The zero-order valence-corrected chi connectivity index (χ0v) is 20.2. The van der Waals surface area contributed by atoms with Gasteiger partial charge in [-0.1, -0.05) is 30.4 Å². The quantitative estimate of drug-likeness (QED) is 0.388. The van der Waals surface area contributed by atoms with Gasteiger partial charge in [0.1, 0.15) is 0 Å². The second kappa shape index (κ2) is 9.61. The first-order chi connectivity index (χ1) is 16.5. The van der Waals surface area contributed by atoms with Crippen LogP contribution in [0.3, 0.4) is 0 Å². The minimum atomic E-state index is -0.403. The molecular weight excluding hydrogens is 425 g/mol. The van der Waals surface area contributed by atoms with E-state index in [0.29, 0.717) is 23.4 Å². The third kappa shape index (κ3) is 5.01. The van der Waals surface area contributed by atoms with Crippen LogP contribution in [0.1, 0.15) is 55.8 Å². The van der Waals surface area contributed by atoms with Crippen molar-refractivity contribution in [2.24, 2.45) is 18.9 Å². The highest BCUT2D eigenvalue weighted by Crippen LogP contribution is 2.36. The highest BCUT2D eigenvalue weighted by molar-refractivity contribution is 5.67. The fourth-order valence-electron chi connectivity index (χ4n) is 5.00. The second-order valence-corrected chi connectivity index (χ2v) is 9.95. The minimum Gasteiger partial charge on any atom is -0.385 e. The topological polar surface area (TPSA) is 47.7 Å². The molecule has 0 spiro atoms. The first kappa shape index (κ1) is 22.6. The number of rotatable bonds is 8. The van der Waals surface area contributed by atoms with Crippen LogP contribution in [-0.4, -0.2) is 26.1 Å². The molecule has 34 heavy (non-hydrogen) atoms. The molecule has 0 saturated heterocycles. The van der Waals surface area contributed by atoms with Crippen LogP contribution >= 0.6 is 0 Å². The van der Waals surface area contributed by atoms with E-state index in [0.717, 1.165) is 30.7 Å². The van der Waals surface area contributed by atoms with Crippen molar-refractivity contribution < 1.29 is 4.39 Å². The normalized spacial score (nSPS) is 20.7. The lowest BCUT2D eigenvalue weighted by molar-refractivity contribution is 0.316. The number of nitrogens with zero attached hydrogens (tertiary/aromatic N) is 4. The van der Waals surface area contributed by atoms with Crippen molar-refractivity contribution in [1.82, 2.24) is 19.6 Å². The number of halogens is 1. The van der Waals surface area contributed by atoms with Crippen LogP contribution in [0.25, 0.3) is 17.2 Å². The molecule has 0 amide bonds. The Morgan fingerprint density at radius 2 is 1.97 bits per heavy atom. The van der Waals surface area contributed by atoms with Crippen LogP contribution in [0.2, 0.25) is 0 Å². The summed E-state index contributed by atoms with van der Waals surface area (Å²) in [5.74, 6) is 0.763. The minimum absolute atomic E-state index is 0.403. The van der Waals surface area contributed by atoms with E-state index in [1.807, 2.05) is 18.3 Å². The largest absolute Gasteiger partial charge is 0.385 e. The summed E-state index contributed by atoms with van der Waals surface area (Å²) < 4.78 is 17.4. The van der Waals surface area contributed by atoms with Gasteiger partial charge in [0.2, 0.25) is 5.95 Å². The molecule has 0 aliphatic heterocycles. The molecule has 1 N–H and O–H groups in total. The first-order valence-electron chi connectivity index (χ1n) is 12.4. The molecule has 178 valence electrons. The number of hydrogen-bond acceptors (Lipinski definition) is 3. The molecule has 2 aliphatic carbocycles. The summed E-state index contributed by atoms with van der Waals surface area (Å²) in [4.78, 5) is 0. The van der Waals surface area contributed by atoms with Gasteiger partial charge in [-0.05, 0) is 81.1 Å². The van der Waals surface area contributed by atoms with Crippen molar-refractivity contribution in [2.45, 2.75) is 51.5 Å². The fourth-order valence-corrected chi connectivity index (χ4v) is 5.00. The zero-order valence-electron chi connectivity index (χ0n) is 20.2. The molecule has 2 heterocycles. The molecule has 2 aromatic heterocycles. The van der Waals surface area contributed by atoms with E-state index in [2.05, 4.69) is 57.2 Å². The molecule has 0 unspecified atom stereocenters. The highest BCUT2D eigenvalue weighted by Gasteiger charge is 2.24. The summed E-state index contributed by atoms with van der Waals surface area (Å²) in [6.45, 7) is 7.06. The van der Waals surface area contributed by atoms with Gasteiger partial charge in [0, 0.05) is 36.6 Å². The summed E-state index contributed by atoms with van der Waals surface area (Å²) in [6.07, 6.45) is 15.3. The van der Waals surface area contributed by atoms with Crippen molar-refractivity contribution in [1.29, 1.82) is 0 Å². The van der Waals surface area contributed by atoms with Crippen LogP contribution in [0.5, 0.6) is 0 Å². The zero-order chi connectivity index (χ0) is 23.7.